The van der Waals surface area contributed by atoms with Gasteiger partial charge in [-0.1, -0.05) is 59.6 Å². The van der Waals surface area contributed by atoms with Crippen LogP contribution in [0.5, 0.6) is 0 Å². The smallest absolute Gasteiger partial charge is 0.264 e. The van der Waals surface area contributed by atoms with Crippen molar-refractivity contribution in [2.24, 2.45) is 0 Å². The Hall–Kier alpha value is -2.48. The summed E-state index contributed by atoms with van der Waals surface area (Å²) < 4.78 is 28.0. The summed E-state index contributed by atoms with van der Waals surface area (Å²) in [7, 11) is -3.90. The number of carbonyl (C=O) groups is 1. The van der Waals surface area contributed by atoms with Gasteiger partial charge in [0.25, 0.3) is 10.0 Å². The molecule has 0 radical (unpaired) electrons. The molecular formula is C26H29ClN2O3S2. The van der Waals surface area contributed by atoms with Gasteiger partial charge in [-0.25, -0.2) is 8.42 Å². The summed E-state index contributed by atoms with van der Waals surface area (Å²) in [6.45, 7) is 3.97. The molecular weight excluding hydrogens is 488 g/mol. The molecule has 0 aliphatic heterocycles. The van der Waals surface area contributed by atoms with Crippen LogP contribution in [0.3, 0.4) is 0 Å². The Labute approximate surface area is 211 Å². The molecule has 8 heteroatoms. The van der Waals surface area contributed by atoms with Crippen molar-refractivity contribution >= 4 is 45.0 Å². The lowest BCUT2D eigenvalue weighted by Gasteiger charge is -2.24. The molecule has 0 saturated heterocycles. The Kier molecular flexibility index (Phi) is 9.45. The zero-order valence-corrected chi connectivity index (χ0v) is 21.7. The molecule has 1 amide bonds. The number of amides is 1. The summed E-state index contributed by atoms with van der Waals surface area (Å²) >= 11 is 7.92. The Balaban J connectivity index is 1.59. The molecule has 0 unspecified atom stereocenters. The van der Waals surface area contributed by atoms with E-state index < -0.39 is 10.0 Å². The number of nitrogens with one attached hydrogen (secondary N) is 1. The summed E-state index contributed by atoms with van der Waals surface area (Å²) in [4.78, 5) is 12.9. The van der Waals surface area contributed by atoms with Crippen molar-refractivity contribution in [3.8, 4) is 0 Å². The Bertz CT molecular complexity index is 1210. The van der Waals surface area contributed by atoms with Crippen molar-refractivity contribution in [1.82, 2.24) is 5.32 Å². The molecule has 0 heterocycles. The first-order valence-electron chi connectivity index (χ1n) is 11.0. The molecule has 3 aromatic carbocycles. The summed E-state index contributed by atoms with van der Waals surface area (Å²) in [6.07, 6.45) is 0.774. The van der Waals surface area contributed by atoms with Gasteiger partial charge in [0, 0.05) is 17.3 Å². The van der Waals surface area contributed by atoms with Gasteiger partial charge in [-0.3, -0.25) is 9.10 Å². The second-order valence-electron chi connectivity index (χ2n) is 8.01. The van der Waals surface area contributed by atoms with Crippen molar-refractivity contribution in [3.05, 3.63) is 94.5 Å². The topological polar surface area (TPSA) is 66.5 Å². The standard InChI is InChI=1S/C26H29ClN2O3S2/c1-20-11-13-24(14-12-20)34(31,32)29(23-9-5-7-21(2)17-23)18-26(30)28-15-6-16-33-19-22-8-3-4-10-25(22)27/h3-5,7-14,17H,6,15-16,18-19H2,1-2H3,(H,28,30). The Morgan fingerprint density at radius 3 is 2.41 bits per heavy atom. The lowest BCUT2D eigenvalue weighted by Crippen LogP contribution is -2.41. The number of anilines is 1. The van der Waals surface area contributed by atoms with Gasteiger partial charge < -0.3 is 5.32 Å². The van der Waals surface area contributed by atoms with E-state index in [1.54, 1.807) is 54.2 Å². The SMILES string of the molecule is Cc1ccc(S(=O)(=O)N(CC(=O)NCCCSCc2ccccc2Cl)c2cccc(C)c2)cc1. The van der Waals surface area contributed by atoms with E-state index >= 15 is 0 Å². The number of aryl methyl sites for hydroxylation is 2. The third kappa shape index (κ3) is 7.26. The van der Waals surface area contributed by atoms with E-state index in [0.29, 0.717) is 12.2 Å². The number of nitrogens with zero attached hydrogens (tertiary/aromatic N) is 1. The van der Waals surface area contributed by atoms with Gasteiger partial charge in [0.1, 0.15) is 6.54 Å². The molecule has 0 atom stereocenters. The van der Waals surface area contributed by atoms with Crippen molar-refractivity contribution < 1.29 is 13.2 Å². The molecule has 0 aromatic heterocycles. The van der Waals surface area contributed by atoms with Gasteiger partial charge in [-0.05, 0) is 67.5 Å². The summed E-state index contributed by atoms with van der Waals surface area (Å²) in [6, 6.07) is 21.6. The van der Waals surface area contributed by atoms with Crippen LogP contribution < -0.4 is 9.62 Å². The van der Waals surface area contributed by atoms with Crippen molar-refractivity contribution in [3.63, 3.8) is 0 Å². The number of sulfonamides is 1. The third-order valence-corrected chi connectivity index (χ3v) is 8.44. The van der Waals surface area contributed by atoms with Crippen molar-refractivity contribution in [2.45, 2.75) is 30.9 Å². The van der Waals surface area contributed by atoms with Crippen LogP contribution in [0.2, 0.25) is 5.02 Å². The fourth-order valence-corrected chi connectivity index (χ4v) is 5.98. The Morgan fingerprint density at radius 2 is 1.71 bits per heavy atom. The number of thioether (sulfide) groups is 1. The van der Waals surface area contributed by atoms with Gasteiger partial charge in [0.05, 0.1) is 10.6 Å². The predicted molar refractivity (Wildman–Crippen MR) is 142 cm³/mol. The van der Waals surface area contributed by atoms with Crippen LogP contribution in [0, 0.1) is 13.8 Å². The maximum absolute atomic E-state index is 13.4. The number of halogens is 1. The Morgan fingerprint density at radius 1 is 0.971 bits per heavy atom. The first-order valence-corrected chi connectivity index (χ1v) is 14.0. The van der Waals surface area contributed by atoms with Crippen molar-refractivity contribution in [2.75, 3.05) is 23.1 Å². The molecule has 180 valence electrons. The van der Waals surface area contributed by atoms with E-state index in [1.807, 2.05) is 44.2 Å². The lowest BCUT2D eigenvalue weighted by molar-refractivity contribution is -0.119. The average Bonchev–Trinajstić information content (AvgIpc) is 2.81. The first-order chi connectivity index (χ1) is 16.3. The summed E-state index contributed by atoms with van der Waals surface area (Å²) in [5.41, 5.74) is 3.43. The van der Waals surface area contributed by atoms with E-state index in [1.165, 1.54) is 4.31 Å². The van der Waals surface area contributed by atoms with Crippen LogP contribution in [-0.2, 0) is 20.6 Å². The zero-order chi connectivity index (χ0) is 24.6. The number of rotatable bonds is 11. The number of hydrogen-bond acceptors (Lipinski definition) is 4. The minimum atomic E-state index is -3.90. The maximum Gasteiger partial charge on any atom is 0.264 e. The molecule has 0 fully saturated rings. The average molecular weight is 517 g/mol. The highest BCUT2D eigenvalue weighted by Crippen LogP contribution is 2.25. The highest BCUT2D eigenvalue weighted by molar-refractivity contribution is 7.98. The first kappa shape index (κ1) is 26.1. The number of benzene rings is 3. The lowest BCUT2D eigenvalue weighted by atomic mass is 10.2. The molecule has 3 rings (SSSR count). The summed E-state index contributed by atoms with van der Waals surface area (Å²) in [5.74, 6) is 1.33. The van der Waals surface area contributed by atoms with E-state index in [2.05, 4.69) is 5.32 Å². The largest absolute Gasteiger partial charge is 0.354 e. The van der Waals surface area contributed by atoms with Crippen LogP contribution in [0.1, 0.15) is 23.1 Å². The fraction of sp³-hybridized carbons (Fsp3) is 0.269. The van der Waals surface area contributed by atoms with Crippen LogP contribution in [0.4, 0.5) is 5.69 Å². The predicted octanol–water partition coefficient (Wildman–Crippen LogP) is 5.59. The van der Waals surface area contributed by atoms with E-state index in [-0.39, 0.29) is 17.3 Å². The molecule has 5 nitrogen and oxygen atoms in total. The van der Waals surface area contributed by atoms with Gasteiger partial charge >= 0.3 is 0 Å². The number of hydrogen-bond donors (Lipinski definition) is 1. The number of carbonyl (C=O) groups excluding carboxylic acids is 1. The molecule has 3 aromatic rings. The quantitative estimate of drug-likeness (QED) is 0.337. The highest BCUT2D eigenvalue weighted by atomic mass is 35.5. The minimum Gasteiger partial charge on any atom is -0.354 e. The van der Waals surface area contributed by atoms with E-state index in [0.717, 1.165) is 39.6 Å². The molecule has 1 N–H and O–H groups in total. The fourth-order valence-electron chi connectivity index (χ4n) is 3.32. The van der Waals surface area contributed by atoms with Crippen LogP contribution in [0.15, 0.2) is 77.7 Å². The van der Waals surface area contributed by atoms with E-state index in [4.69, 9.17) is 11.6 Å². The molecule has 0 aliphatic rings. The molecule has 0 aliphatic carbocycles. The monoisotopic (exact) mass is 516 g/mol. The van der Waals surface area contributed by atoms with Crippen molar-refractivity contribution in [1.29, 1.82) is 0 Å². The zero-order valence-electron chi connectivity index (χ0n) is 19.3. The van der Waals surface area contributed by atoms with Crippen LogP contribution in [-0.4, -0.2) is 33.2 Å². The normalized spacial score (nSPS) is 11.3. The second-order valence-corrected chi connectivity index (χ2v) is 11.4. The third-order valence-electron chi connectivity index (χ3n) is 5.19. The molecule has 0 bridgehead atoms. The maximum atomic E-state index is 13.4. The van der Waals surface area contributed by atoms with Crippen LogP contribution >= 0.6 is 23.4 Å². The molecule has 34 heavy (non-hydrogen) atoms. The minimum absolute atomic E-state index is 0.156. The van der Waals surface area contributed by atoms with Gasteiger partial charge in [0.15, 0.2) is 0 Å². The summed E-state index contributed by atoms with van der Waals surface area (Å²) in [5, 5.41) is 3.61. The van der Waals surface area contributed by atoms with E-state index in [9.17, 15) is 13.2 Å². The molecule has 0 saturated carbocycles. The van der Waals surface area contributed by atoms with Gasteiger partial charge in [0.2, 0.25) is 5.91 Å². The second kappa shape index (κ2) is 12.3. The van der Waals surface area contributed by atoms with Gasteiger partial charge in [-0.15, -0.1) is 0 Å². The van der Waals surface area contributed by atoms with Crippen LogP contribution in [0.25, 0.3) is 0 Å². The highest BCUT2D eigenvalue weighted by Gasteiger charge is 2.27. The van der Waals surface area contributed by atoms with Gasteiger partial charge in [-0.2, -0.15) is 11.8 Å². The molecule has 0 spiro atoms.